The first-order valence-corrected chi connectivity index (χ1v) is 9.41. The molecule has 0 spiro atoms. The largest absolute Gasteiger partial charge is 0.339 e. The number of likely N-dealkylation sites (tertiary alicyclic amines) is 1. The SMILES string of the molecule is Cc1cccc(CN2CC(c3nc(-c4ccc(F)c(Br)c4)no3)CC2=O)c1. The minimum Gasteiger partial charge on any atom is -0.339 e. The summed E-state index contributed by atoms with van der Waals surface area (Å²) in [6, 6.07) is 12.7. The normalized spacial score (nSPS) is 16.9. The van der Waals surface area contributed by atoms with Crippen molar-refractivity contribution in [1.82, 2.24) is 15.0 Å². The van der Waals surface area contributed by atoms with Crippen LogP contribution in [0.3, 0.4) is 0 Å². The molecular formula is C20H17BrFN3O2. The molecule has 4 rings (SSSR count). The van der Waals surface area contributed by atoms with Crippen molar-refractivity contribution < 1.29 is 13.7 Å². The highest BCUT2D eigenvalue weighted by molar-refractivity contribution is 9.10. The van der Waals surface area contributed by atoms with Crippen molar-refractivity contribution in [2.75, 3.05) is 6.54 Å². The number of benzene rings is 2. The van der Waals surface area contributed by atoms with Crippen molar-refractivity contribution in [3.63, 3.8) is 0 Å². The van der Waals surface area contributed by atoms with Gasteiger partial charge in [-0.15, -0.1) is 0 Å². The number of rotatable bonds is 4. The number of nitrogens with zero attached hydrogens (tertiary/aromatic N) is 3. The van der Waals surface area contributed by atoms with Crippen molar-refractivity contribution in [1.29, 1.82) is 0 Å². The molecule has 1 fully saturated rings. The minimum atomic E-state index is -0.351. The highest BCUT2D eigenvalue weighted by Crippen LogP contribution is 2.30. The number of carbonyl (C=O) groups excluding carboxylic acids is 1. The molecule has 0 N–H and O–H groups in total. The zero-order chi connectivity index (χ0) is 19.0. The van der Waals surface area contributed by atoms with Crippen LogP contribution in [-0.4, -0.2) is 27.5 Å². The van der Waals surface area contributed by atoms with Crippen molar-refractivity contribution in [3.05, 3.63) is 69.8 Å². The van der Waals surface area contributed by atoms with E-state index in [4.69, 9.17) is 4.52 Å². The van der Waals surface area contributed by atoms with E-state index in [2.05, 4.69) is 32.1 Å². The quantitative estimate of drug-likeness (QED) is 0.613. The molecule has 7 heteroatoms. The monoisotopic (exact) mass is 429 g/mol. The first-order valence-electron chi connectivity index (χ1n) is 8.62. The molecule has 1 saturated heterocycles. The van der Waals surface area contributed by atoms with Gasteiger partial charge >= 0.3 is 0 Å². The van der Waals surface area contributed by atoms with Crippen LogP contribution < -0.4 is 0 Å². The van der Waals surface area contributed by atoms with Gasteiger partial charge in [0.2, 0.25) is 17.6 Å². The van der Waals surface area contributed by atoms with Gasteiger partial charge in [0.1, 0.15) is 5.82 Å². The number of halogens is 2. The molecule has 1 atom stereocenters. The number of hydrogen-bond acceptors (Lipinski definition) is 4. The van der Waals surface area contributed by atoms with Gasteiger partial charge in [-0.2, -0.15) is 4.98 Å². The number of aryl methyl sites for hydroxylation is 1. The van der Waals surface area contributed by atoms with Crippen LogP contribution in [0.1, 0.15) is 29.4 Å². The van der Waals surface area contributed by atoms with Crippen molar-refractivity contribution in [3.8, 4) is 11.4 Å². The van der Waals surface area contributed by atoms with E-state index in [0.717, 1.165) is 5.56 Å². The van der Waals surface area contributed by atoms with Gasteiger partial charge < -0.3 is 9.42 Å². The zero-order valence-electron chi connectivity index (χ0n) is 14.7. The summed E-state index contributed by atoms with van der Waals surface area (Å²) < 4.78 is 19.1. The number of amides is 1. The van der Waals surface area contributed by atoms with Gasteiger partial charge in [0, 0.05) is 25.1 Å². The summed E-state index contributed by atoms with van der Waals surface area (Å²) in [6.07, 6.45) is 0.348. The molecule has 0 saturated carbocycles. The van der Waals surface area contributed by atoms with E-state index in [1.807, 2.05) is 30.0 Å². The van der Waals surface area contributed by atoms with Crippen molar-refractivity contribution in [2.24, 2.45) is 0 Å². The molecule has 138 valence electrons. The van der Waals surface area contributed by atoms with Crippen LogP contribution in [-0.2, 0) is 11.3 Å². The van der Waals surface area contributed by atoms with E-state index in [9.17, 15) is 9.18 Å². The average Bonchev–Trinajstić information content (AvgIpc) is 3.25. The Balaban J connectivity index is 1.49. The van der Waals surface area contributed by atoms with E-state index in [1.165, 1.54) is 11.6 Å². The van der Waals surface area contributed by atoms with E-state index < -0.39 is 0 Å². The van der Waals surface area contributed by atoms with E-state index >= 15 is 0 Å². The van der Waals surface area contributed by atoms with Crippen LogP contribution in [0.4, 0.5) is 4.39 Å². The third kappa shape index (κ3) is 3.78. The van der Waals surface area contributed by atoms with Gasteiger partial charge in [-0.05, 0) is 46.6 Å². The number of hydrogen-bond donors (Lipinski definition) is 0. The lowest BCUT2D eigenvalue weighted by molar-refractivity contribution is -0.128. The van der Waals surface area contributed by atoms with Gasteiger partial charge in [0.15, 0.2) is 0 Å². The highest BCUT2D eigenvalue weighted by atomic mass is 79.9. The second-order valence-corrected chi connectivity index (χ2v) is 7.60. The smallest absolute Gasteiger partial charge is 0.232 e. The fourth-order valence-corrected chi connectivity index (χ4v) is 3.65. The Kier molecular flexibility index (Phi) is 4.78. The Morgan fingerprint density at radius 3 is 2.93 bits per heavy atom. The standard InChI is InChI=1S/C20H17BrFN3O2/c1-12-3-2-4-13(7-12)10-25-11-15(9-18(25)26)20-23-19(24-27-20)14-5-6-17(22)16(21)8-14/h2-8,15H,9-11H2,1H3. The van der Waals surface area contributed by atoms with Crippen LogP contribution in [0.5, 0.6) is 0 Å². The topological polar surface area (TPSA) is 59.2 Å². The summed E-state index contributed by atoms with van der Waals surface area (Å²) in [5, 5.41) is 3.99. The molecule has 1 amide bonds. The van der Waals surface area contributed by atoms with Crippen LogP contribution in [0, 0.1) is 12.7 Å². The van der Waals surface area contributed by atoms with Crippen molar-refractivity contribution >= 4 is 21.8 Å². The molecule has 1 aliphatic rings. The molecule has 2 heterocycles. The maximum atomic E-state index is 13.4. The fraction of sp³-hybridized carbons (Fsp3) is 0.250. The first kappa shape index (κ1) is 17.9. The summed E-state index contributed by atoms with van der Waals surface area (Å²) in [5.41, 5.74) is 2.92. The predicted molar refractivity (Wildman–Crippen MR) is 101 cm³/mol. The van der Waals surface area contributed by atoms with Crippen LogP contribution in [0.2, 0.25) is 0 Å². The summed E-state index contributed by atoms with van der Waals surface area (Å²) >= 11 is 3.16. The Bertz CT molecular complexity index is 1000. The lowest BCUT2D eigenvalue weighted by atomic mass is 10.1. The summed E-state index contributed by atoms with van der Waals surface area (Å²) in [4.78, 5) is 18.6. The lowest BCUT2D eigenvalue weighted by Gasteiger charge is -2.16. The molecule has 3 aromatic rings. The van der Waals surface area contributed by atoms with Crippen LogP contribution in [0.15, 0.2) is 51.5 Å². The molecule has 2 aromatic carbocycles. The Morgan fingerprint density at radius 2 is 2.15 bits per heavy atom. The maximum Gasteiger partial charge on any atom is 0.232 e. The van der Waals surface area contributed by atoms with Gasteiger partial charge in [-0.1, -0.05) is 35.0 Å². The second kappa shape index (κ2) is 7.23. The maximum absolute atomic E-state index is 13.4. The average molecular weight is 430 g/mol. The first-order chi connectivity index (χ1) is 13.0. The molecule has 0 bridgehead atoms. The second-order valence-electron chi connectivity index (χ2n) is 6.75. The summed E-state index contributed by atoms with van der Waals surface area (Å²) in [7, 11) is 0. The molecule has 5 nitrogen and oxygen atoms in total. The summed E-state index contributed by atoms with van der Waals surface area (Å²) in [5.74, 6) is 0.412. The van der Waals surface area contributed by atoms with Gasteiger partial charge in [0.05, 0.1) is 10.4 Å². The minimum absolute atomic E-state index is 0.0748. The highest BCUT2D eigenvalue weighted by Gasteiger charge is 2.34. The van der Waals surface area contributed by atoms with E-state index in [0.29, 0.717) is 41.3 Å². The van der Waals surface area contributed by atoms with Crippen LogP contribution in [0.25, 0.3) is 11.4 Å². The number of carbonyl (C=O) groups is 1. The summed E-state index contributed by atoms with van der Waals surface area (Å²) in [6.45, 7) is 3.15. The Morgan fingerprint density at radius 1 is 1.30 bits per heavy atom. The molecule has 0 radical (unpaired) electrons. The zero-order valence-corrected chi connectivity index (χ0v) is 16.2. The van der Waals surface area contributed by atoms with E-state index in [1.54, 1.807) is 12.1 Å². The van der Waals surface area contributed by atoms with Gasteiger partial charge in [0.25, 0.3) is 0 Å². The Hall–Kier alpha value is -2.54. The molecule has 0 aliphatic carbocycles. The van der Waals surface area contributed by atoms with Gasteiger partial charge in [-0.3, -0.25) is 4.79 Å². The molecule has 1 unspecified atom stereocenters. The number of aromatic nitrogens is 2. The Labute approximate surface area is 164 Å². The van der Waals surface area contributed by atoms with Gasteiger partial charge in [-0.25, -0.2) is 4.39 Å². The predicted octanol–water partition coefficient (Wildman–Crippen LogP) is 4.46. The molecule has 1 aliphatic heterocycles. The third-order valence-corrected chi connectivity index (χ3v) is 5.25. The molecular weight excluding hydrogens is 413 g/mol. The molecule has 1 aromatic heterocycles. The van der Waals surface area contributed by atoms with Crippen LogP contribution >= 0.6 is 15.9 Å². The third-order valence-electron chi connectivity index (χ3n) is 4.64. The van der Waals surface area contributed by atoms with E-state index in [-0.39, 0.29) is 17.6 Å². The molecule has 27 heavy (non-hydrogen) atoms. The fourth-order valence-electron chi connectivity index (χ4n) is 3.27. The van der Waals surface area contributed by atoms with Crippen molar-refractivity contribution in [2.45, 2.75) is 25.8 Å². The lowest BCUT2D eigenvalue weighted by Crippen LogP contribution is -2.24.